The third-order valence-electron chi connectivity index (χ3n) is 5.49. The summed E-state index contributed by atoms with van der Waals surface area (Å²) in [5, 5.41) is 20.2. The maximum absolute atomic E-state index is 12.6. The van der Waals surface area contributed by atoms with Crippen molar-refractivity contribution in [2.75, 3.05) is 19.6 Å². The van der Waals surface area contributed by atoms with Gasteiger partial charge in [0.2, 0.25) is 5.91 Å². The first-order valence-electron chi connectivity index (χ1n) is 9.27. The van der Waals surface area contributed by atoms with E-state index in [0.717, 1.165) is 25.8 Å². The Morgan fingerprint density at radius 3 is 2.60 bits per heavy atom. The van der Waals surface area contributed by atoms with E-state index >= 15 is 0 Å². The summed E-state index contributed by atoms with van der Waals surface area (Å²) in [6.45, 7) is 2.47. The molecule has 5 heteroatoms. The van der Waals surface area contributed by atoms with Gasteiger partial charge in [-0.25, -0.2) is 0 Å². The Hall–Kier alpha value is -1.90. The maximum Gasteiger partial charge on any atom is 0.225 e. The molecule has 1 atom stereocenters. The molecule has 1 unspecified atom stereocenters. The van der Waals surface area contributed by atoms with E-state index in [-0.39, 0.29) is 18.4 Å². The summed E-state index contributed by atoms with van der Waals surface area (Å²) in [7, 11) is 0. The number of amides is 1. The summed E-state index contributed by atoms with van der Waals surface area (Å²) in [6, 6.07) is 12.2. The highest BCUT2D eigenvalue weighted by atomic mass is 16.3. The molecule has 1 saturated heterocycles. The lowest BCUT2D eigenvalue weighted by atomic mass is 9.82. The van der Waals surface area contributed by atoms with Crippen molar-refractivity contribution in [2.45, 2.75) is 56.7 Å². The van der Waals surface area contributed by atoms with E-state index in [1.165, 1.54) is 5.56 Å². The maximum atomic E-state index is 12.6. The van der Waals surface area contributed by atoms with Gasteiger partial charge < -0.3 is 10.0 Å². The minimum absolute atomic E-state index is 0.0102. The Balaban J connectivity index is 1.57. The van der Waals surface area contributed by atoms with Crippen LogP contribution < -0.4 is 0 Å². The Bertz CT molecular complexity index is 620. The molecule has 1 saturated carbocycles. The molecule has 1 aliphatic heterocycles. The second kappa shape index (κ2) is 7.99. The van der Waals surface area contributed by atoms with Gasteiger partial charge in [-0.15, -0.1) is 0 Å². The third-order valence-corrected chi connectivity index (χ3v) is 5.49. The van der Waals surface area contributed by atoms with Gasteiger partial charge in [-0.1, -0.05) is 49.6 Å². The summed E-state index contributed by atoms with van der Waals surface area (Å²) in [6.07, 6.45) is 4.77. The molecule has 0 spiro atoms. The lowest BCUT2D eigenvalue weighted by molar-refractivity contribution is -0.140. The number of carbonyl (C=O) groups excluding carboxylic acids is 1. The van der Waals surface area contributed by atoms with Crippen molar-refractivity contribution in [2.24, 2.45) is 0 Å². The first-order valence-corrected chi connectivity index (χ1v) is 9.27. The molecule has 25 heavy (non-hydrogen) atoms. The number of nitriles is 1. The van der Waals surface area contributed by atoms with Gasteiger partial charge in [-0.3, -0.25) is 9.69 Å². The fourth-order valence-corrected chi connectivity index (χ4v) is 3.96. The molecule has 1 aromatic carbocycles. The normalized spacial score (nSPS) is 23.8. The summed E-state index contributed by atoms with van der Waals surface area (Å²) < 4.78 is 0. The van der Waals surface area contributed by atoms with E-state index in [1.54, 1.807) is 4.90 Å². The SMILES string of the molecule is N#CC1CN(C(=O)CC2(O)CCCCC2)CCN1Cc1ccccc1. The lowest BCUT2D eigenvalue weighted by Crippen LogP contribution is -2.54. The van der Waals surface area contributed by atoms with Crippen LogP contribution in [0.3, 0.4) is 0 Å². The fraction of sp³-hybridized carbons (Fsp3) is 0.600. The van der Waals surface area contributed by atoms with Crippen LogP contribution in [0.15, 0.2) is 30.3 Å². The number of piperazine rings is 1. The van der Waals surface area contributed by atoms with Crippen LogP contribution in [0.25, 0.3) is 0 Å². The molecule has 2 aliphatic rings. The highest BCUT2D eigenvalue weighted by Crippen LogP contribution is 2.31. The van der Waals surface area contributed by atoms with Crippen LogP contribution in [0.5, 0.6) is 0 Å². The zero-order valence-electron chi connectivity index (χ0n) is 14.7. The number of benzene rings is 1. The van der Waals surface area contributed by atoms with E-state index in [4.69, 9.17) is 0 Å². The molecule has 0 aromatic heterocycles. The highest BCUT2D eigenvalue weighted by molar-refractivity contribution is 5.77. The highest BCUT2D eigenvalue weighted by Gasteiger charge is 2.36. The van der Waals surface area contributed by atoms with E-state index in [9.17, 15) is 15.2 Å². The molecule has 1 N–H and O–H groups in total. The van der Waals surface area contributed by atoms with E-state index < -0.39 is 5.60 Å². The Morgan fingerprint density at radius 1 is 1.20 bits per heavy atom. The summed E-state index contributed by atoms with van der Waals surface area (Å²) >= 11 is 0. The van der Waals surface area contributed by atoms with E-state index in [2.05, 4.69) is 23.1 Å². The van der Waals surface area contributed by atoms with Crippen LogP contribution >= 0.6 is 0 Å². The number of hydrogen-bond donors (Lipinski definition) is 1. The predicted octanol–water partition coefficient (Wildman–Crippen LogP) is 2.31. The van der Waals surface area contributed by atoms with Crippen molar-refractivity contribution in [1.82, 2.24) is 9.80 Å². The van der Waals surface area contributed by atoms with Gasteiger partial charge in [0.25, 0.3) is 0 Å². The molecule has 134 valence electrons. The van der Waals surface area contributed by atoms with Gasteiger partial charge >= 0.3 is 0 Å². The van der Waals surface area contributed by atoms with Crippen LogP contribution in [0, 0.1) is 11.3 Å². The molecular formula is C20H27N3O2. The monoisotopic (exact) mass is 341 g/mol. The van der Waals surface area contributed by atoms with E-state index in [0.29, 0.717) is 32.5 Å². The average Bonchev–Trinajstić information content (AvgIpc) is 2.63. The quantitative estimate of drug-likeness (QED) is 0.912. The van der Waals surface area contributed by atoms with Gasteiger partial charge in [0.05, 0.1) is 18.1 Å². The standard InChI is InChI=1S/C20H27N3O2/c21-14-18-16-23(19(24)13-20(25)9-5-2-6-10-20)12-11-22(18)15-17-7-3-1-4-8-17/h1,3-4,7-8,18,25H,2,5-6,9-13,15-16H2. The zero-order valence-corrected chi connectivity index (χ0v) is 14.7. The number of carbonyl (C=O) groups is 1. The Labute approximate surface area is 149 Å². The molecular weight excluding hydrogens is 314 g/mol. The Kier molecular flexibility index (Phi) is 5.72. The largest absolute Gasteiger partial charge is 0.389 e. The van der Waals surface area contributed by atoms with Crippen LogP contribution in [-0.2, 0) is 11.3 Å². The summed E-state index contributed by atoms with van der Waals surface area (Å²) in [5.41, 5.74) is 0.345. The molecule has 1 aromatic rings. The zero-order chi connectivity index (χ0) is 17.7. The molecule has 1 amide bonds. The van der Waals surface area contributed by atoms with Crippen LogP contribution in [0.2, 0.25) is 0 Å². The molecule has 3 rings (SSSR count). The topological polar surface area (TPSA) is 67.6 Å². The number of nitrogens with zero attached hydrogens (tertiary/aromatic N) is 3. The molecule has 1 aliphatic carbocycles. The minimum atomic E-state index is -0.835. The van der Waals surface area contributed by atoms with Crippen molar-refractivity contribution in [1.29, 1.82) is 5.26 Å². The Morgan fingerprint density at radius 2 is 1.92 bits per heavy atom. The molecule has 0 radical (unpaired) electrons. The smallest absolute Gasteiger partial charge is 0.225 e. The van der Waals surface area contributed by atoms with Gasteiger partial charge in [-0.2, -0.15) is 5.26 Å². The van der Waals surface area contributed by atoms with Crippen LogP contribution in [0.1, 0.15) is 44.1 Å². The minimum Gasteiger partial charge on any atom is -0.389 e. The van der Waals surface area contributed by atoms with Gasteiger partial charge in [0, 0.05) is 26.2 Å². The lowest BCUT2D eigenvalue weighted by Gasteiger charge is -2.40. The van der Waals surface area contributed by atoms with Gasteiger partial charge in [0.15, 0.2) is 0 Å². The van der Waals surface area contributed by atoms with Crippen LogP contribution in [-0.4, -0.2) is 52.1 Å². The van der Waals surface area contributed by atoms with Crippen molar-refractivity contribution >= 4 is 5.91 Å². The van der Waals surface area contributed by atoms with Crippen LogP contribution in [0.4, 0.5) is 0 Å². The summed E-state index contributed by atoms with van der Waals surface area (Å²) in [5.74, 6) is -0.0102. The molecule has 5 nitrogen and oxygen atoms in total. The second-order valence-corrected chi connectivity index (χ2v) is 7.40. The van der Waals surface area contributed by atoms with Gasteiger partial charge in [0.1, 0.15) is 6.04 Å². The molecule has 1 heterocycles. The van der Waals surface area contributed by atoms with Crippen molar-refractivity contribution in [3.63, 3.8) is 0 Å². The van der Waals surface area contributed by atoms with Crippen molar-refractivity contribution < 1.29 is 9.90 Å². The van der Waals surface area contributed by atoms with Crippen molar-refractivity contribution in [3.8, 4) is 6.07 Å². The predicted molar refractivity (Wildman–Crippen MR) is 95.5 cm³/mol. The molecule has 0 bridgehead atoms. The molecule has 2 fully saturated rings. The second-order valence-electron chi connectivity index (χ2n) is 7.40. The van der Waals surface area contributed by atoms with Crippen molar-refractivity contribution in [3.05, 3.63) is 35.9 Å². The first kappa shape index (κ1) is 17.9. The fourth-order valence-electron chi connectivity index (χ4n) is 3.96. The first-order chi connectivity index (χ1) is 12.1. The number of hydrogen-bond acceptors (Lipinski definition) is 4. The summed E-state index contributed by atoms with van der Waals surface area (Å²) in [4.78, 5) is 16.5. The van der Waals surface area contributed by atoms with Gasteiger partial charge in [-0.05, 0) is 18.4 Å². The number of rotatable bonds is 4. The average molecular weight is 341 g/mol. The number of aliphatic hydroxyl groups is 1. The van der Waals surface area contributed by atoms with E-state index in [1.807, 2.05) is 18.2 Å². The third kappa shape index (κ3) is 4.59.